The van der Waals surface area contributed by atoms with Crippen LogP contribution in [0.2, 0.25) is 0 Å². The third-order valence-corrected chi connectivity index (χ3v) is 4.94. The Morgan fingerprint density at radius 1 is 1.60 bits per heavy atom. The Balaban J connectivity index is 2.16. The molecule has 2 atom stereocenters. The quantitative estimate of drug-likeness (QED) is 0.770. The summed E-state index contributed by atoms with van der Waals surface area (Å²) >= 11 is 1.64. The van der Waals surface area contributed by atoms with Crippen molar-refractivity contribution in [1.29, 1.82) is 0 Å². The van der Waals surface area contributed by atoms with Gasteiger partial charge in [-0.1, -0.05) is 0 Å². The second-order valence-electron chi connectivity index (χ2n) is 3.96. The van der Waals surface area contributed by atoms with E-state index < -0.39 is 10.4 Å². The van der Waals surface area contributed by atoms with E-state index in [2.05, 4.69) is 26.9 Å². The molecule has 4 nitrogen and oxygen atoms in total. The zero-order valence-corrected chi connectivity index (χ0v) is 10.4. The molecule has 0 aromatic carbocycles. The number of carbonyl (C=O) groups excluding carboxylic acids is 1. The van der Waals surface area contributed by atoms with E-state index in [0.717, 1.165) is 17.7 Å². The first-order valence-corrected chi connectivity index (χ1v) is 8.06. The Morgan fingerprint density at radius 2 is 2.40 bits per heavy atom. The molecule has 1 aliphatic heterocycles. The first-order valence-electron chi connectivity index (χ1n) is 4.73. The van der Waals surface area contributed by atoms with Gasteiger partial charge in [-0.2, -0.15) is 0 Å². The largest absolute Gasteiger partial charge is 0.302 e. The molecule has 1 aromatic heterocycles. The van der Waals surface area contributed by atoms with Gasteiger partial charge in [0.2, 0.25) is 0 Å². The monoisotopic (exact) mass is 245 g/mol. The first kappa shape index (κ1) is 11.1. The minimum atomic E-state index is -1.08. The highest BCUT2D eigenvalue weighted by Gasteiger charge is 2.31. The van der Waals surface area contributed by atoms with Crippen molar-refractivity contribution < 1.29 is 4.79 Å². The molecular weight excluding hydrogens is 230 g/mol. The maximum absolute atomic E-state index is 10.9. The van der Waals surface area contributed by atoms with Crippen molar-refractivity contribution in [3.63, 3.8) is 0 Å². The molecule has 2 rings (SSSR count). The summed E-state index contributed by atoms with van der Waals surface area (Å²) in [5.74, 6) is 0. The van der Waals surface area contributed by atoms with Crippen LogP contribution in [0.25, 0.3) is 0 Å². The van der Waals surface area contributed by atoms with Crippen LogP contribution < -0.4 is 9.44 Å². The highest BCUT2D eigenvalue weighted by Crippen LogP contribution is 2.40. The molecule has 0 aliphatic carbocycles. The van der Waals surface area contributed by atoms with Crippen LogP contribution in [0.5, 0.6) is 0 Å². The molecule has 2 unspecified atom stereocenters. The molecular formula is C9H15N3OS2. The molecule has 0 radical (unpaired) electrons. The van der Waals surface area contributed by atoms with E-state index in [1.807, 2.05) is 11.6 Å². The summed E-state index contributed by atoms with van der Waals surface area (Å²) in [5, 5.41) is 3.04. The second-order valence-corrected chi connectivity index (χ2v) is 8.01. The zero-order valence-electron chi connectivity index (χ0n) is 8.77. The maximum atomic E-state index is 10.9. The second kappa shape index (κ2) is 4.21. The summed E-state index contributed by atoms with van der Waals surface area (Å²) in [5.41, 5.74) is 0. The van der Waals surface area contributed by atoms with Gasteiger partial charge in [0, 0.05) is 11.6 Å². The molecule has 2 N–H and O–H groups in total. The molecule has 6 heteroatoms. The normalized spacial score (nSPS) is 32.1. The Kier molecular flexibility index (Phi) is 3.11. The number of hydrogen-bond donors (Lipinski definition) is 2. The van der Waals surface area contributed by atoms with E-state index in [0.29, 0.717) is 0 Å². The van der Waals surface area contributed by atoms with Crippen LogP contribution >= 0.6 is 21.7 Å². The van der Waals surface area contributed by atoms with Gasteiger partial charge in [-0.3, -0.25) is 9.44 Å². The fourth-order valence-corrected chi connectivity index (χ4v) is 4.43. The van der Waals surface area contributed by atoms with Gasteiger partial charge >= 0.3 is 0 Å². The lowest BCUT2D eigenvalue weighted by atomic mass is 10.1. The van der Waals surface area contributed by atoms with Gasteiger partial charge in [0.15, 0.2) is 0 Å². The van der Waals surface area contributed by atoms with Crippen molar-refractivity contribution in [3.05, 3.63) is 16.6 Å². The number of carbonyl (C=O) groups is 1. The highest BCUT2D eigenvalue weighted by molar-refractivity contribution is 8.29. The molecule has 0 spiro atoms. The van der Waals surface area contributed by atoms with Gasteiger partial charge in [-0.25, -0.2) is 4.98 Å². The molecule has 2 heterocycles. The molecule has 1 saturated heterocycles. The smallest absolute Gasteiger partial charge is 0.137 e. The van der Waals surface area contributed by atoms with Gasteiger partial charge in [-0.15, -0.1) is 21.7 Å². The number of rotatable bonds is 2. The van der Waals surface area contributed by atoms with Crippen LogP contribution in [0, 0.1) is 0 Å². The summed E-state index contributed by atoms with van der Waals surface area (Å²) in [6.45, 7) is 0. The number of nitrogens with one attached hydrogen (secondary N) is 2. The summed E-state index contributed by atoms with van der Waals surface area (Å²) < 4.78 is 6.84. The van der Waals surface area contributed by atoms with Gasteiger partial charge in [-0.05, 0) is 18.9 Å². The minimum absolute atomic E-state index is 0.0508. The molecule has 1 aromatic rings. The highest BCUT2D eigenvalue weighted by atomic mass is 32.3. The Labute approximate surface area is 95.1 Å². The van der Waals surface area contributed by atoms with Gasteiger partial charge in [0.05, 0.1) is 12.1 Å². The van der Waals surface area contributed by atoms with Crippen LogP contribution in [-0.2, 0) is 4.79 Å². The van der Waals surface area contributed by atoms with E-state index in [-0.39, 0.29) is 12.1 Å². The van der Waals surface area contributed by atoms with E-state index in [1.165, 1.54) is 0 Å². The van der Waals surface area contributed by atoms with Crippen molar-refractivity contribution >= 4 is 28.0 Å². The van der Waals surface area contributed by atoms with Crippen LogP contribution in [0.4, 0.5) is 0 Å². The topological polar surface area (TPSA) is 54.0 Å². The average molecular weight is 245 g/mol. The number of nitrogens with zero attached hydrogens (tertiary/aromatic N) is 1. The summed E-state index contributed by atoms with van der Waals surface area (Å²) in [6, 6.07) is 0.164. The predicted octanol–water partition coefficient (Wildman–Crippen LogP) is 1.23. The van der Waals surface area contributed by atoms with Gasteiger partial charge in [0.25, 0.3) is 0 Å². The van der Waals surface area contributed by atoms with Crippen LogP contribution in [0.3, 0.4) is 0 Å². The average Bonchev–Trinajstić information content (AvgIpc) is 2.68. The standard InChI is InChI=1S/C9H15N3OS2/c1-15(2)11-7(6-13)5-8(12-15)9-10-3-4-14-9/h3-4,6-8,11-12H,5H2,1-2H3. The molecule has 1 fully saturated rings. The van der Waals surface area contributed by atoms with Crippen LogP contribution in [-0.4, -0.2) is 29.8 Å². The van der Waals surface area contributed by atoms with Gasteiger partial charge in [0.1, 0.15) is 11.3 Å². The van der Waals surface area contributed by atoms with E-state index >= 15 is 0 Å². The Morgan fingerprint density at radius 3 is 3.00 bits per heavy atom. The zero-order chi connectivity index (χ0) is 10.9. The lowest BCUT2D eigenvalue weighted by molar-refractivity contribution is -0.109. The van der Waals surface area contributed by atoms with Crippen molar-refractivity contribution in [1.82, 2.24) is 14.4 Å². The lowest BCUT2D eigenvalue weighted by Crippen LogP contribution is -2.47. The van der Waals surface area contributed by atoms with Crippen molar-refractivity contribution in [2.75, 3.05) is 12.5 Å². The molecule has 84 valence electrons. The first-order chi connectivity index (χ1) is 7.11. The predicted molar refractivity (Wildman–Crippen MR) is 65.0 cm³/mol. The third-order valence-electron chi connectivity index (χ3n) is 2.29. The lowest BCUT2D eigenvalue weighted by Gasteiger charge is -2.44. The van der Waals surface area contributed by atoms with E-state index in [4.69, 9.17) is 0 Å². The van der Waals surface area contributed by atoms with Crippen LogP contribution in [0.1, 0.15) is 17.5 Å². The number of aldehydes is 1. The molecule has 1 aliphatic rings. The Bertz CT molecular complexity index is 339. The third kappa shape index (κ3) is 2.57. The molecule has 0 amide bonds. The Hall–Kier alpha value is -0.430. The van der Waals surface area contributed by atoms with Crippen LogP contribution in [0.15, 0.2) is 11.6 Å². The summed E-state index contributed by atoms with van der Waals surface area (Å²) in [7, 11) is -1.08. The van der Waals surface area contributed by atoms with Gasteiger partial charge < -0.3 is 4.79 Å². The summed E-state index contributed by atoms with van der Waals surface area (Å²) in [6.07, 6.45) is 7.82. The van der Waals surface area contributed by atoms with Crippen molar-refractivity contribution in [2.24, 2.45) is 0 Å². The minimum Gasteiger partial charge on any atom is -0.302 e. The number of thiazole rings is 1. The SMILES string of the molecule is CS1(C)NC(C=O)CC(c2nccs2)N1. The molecule has 0 saturated carbocycles. The molecule has 0 bridgehead atoms. The van der Waals surface area contributed by atoms with Crippen molar-refractivity contribution in [3.8, 4) is 0 Å². The van der Waals surface area contributed by atoms with Crippen molar-refractivity contribution in [2.45, 2.75) is 18.5 Å². The maximum Gasteiger partial charge on any atom is 0.137 e. The van der Waals surface area contributed by atoms with E-state index in [1.54, 1.807) is 11.3 Å². The number of hydrogen-bond acceptors (Lipinski definition) is 5. The number of aromatic nitrogens is 1. The van der Waals surface area contributed by atoms with E-state index in [9.17, 15) is 4.79 Å². The molecule has 15 heavy (non-hydrogen) atoms. The summed E-state index contributed by atoms with van der Waals surface area (Å²) in [4.78, 5) is 15.2. The fraction of sp³-hybridized carbons (Fsp3) is 0.556. The fourth-order valence-electron chi connectivity index (χ4n) is 1.76.